The summed E-state index contributed by atoms with van der Waals surface area (Å²) in [5.74, 6) is 0. The first-order chi connectivity index (χ1) is 16.5. The van der Waals surface area contributed by atoms with Crippen LogP contribution in [0.15, 0.2) is 95.9 Å². The minimum absolute atomic E-state index is 0.277. The Morgan fingerprint density at radius 1 is 0.853 bits per heavy atom. The largest absolute Gasteiger partial charge is 0.334 e. The number of carbonyl (C=O) groups is 1. The molecule has 1 aliphatic heterocycles. The number of rotatable bonds is 5. The number of carbonyl (C=O) groups excluding carboxylic acids is 1. The monoisotopic (exact) mass is 471 g/mol. The van der Waals surface area contributed by atoms with Gasteiger partial charge in [-0.3, -0.25) is 0 Å². The van der Waals surface area contributed by atoms with E-state index < -0.39 is 10.0 Å². The van der Waals surface area contributed by atoms with E-state index in [1.165, 1.54) is 4.31 Å². The van der Waals surface area contributed by atoms with Gasteiger partial charge in [0.25, 0.3) is 0 Å². The highest BCUT2D eigenvalue weighted by Crippen LogP contribution is 2.27. The van der Waals surface area contributed by atoms with Crippen molar-refractivity contribution >= 4 is 32.5 Å². The number of anilines is 1. The fourth-order valence-corrected chi connectivity index (χ4v) is 5.79. The number of urea groups is 1. The van der Waals surface area contributed by atoms with E-state index >= 15 is 0 Å². The molecule has 0 atom stereocenters. The first-order valence-electron chi connectivity index (χ1n) is 11.2. The summed E-state index contributed by atoms with van der Waals surface area (Å²) in [5, 5.41) is 8.04. The predicted octanol–water partition coefficient (Wildman–Crippen LogP) is 4.91. The summed E-state index contributed by atoms with van der Waals surface area (Å²) in [4.78, 5) is 12.9. The lowest BCUT2D eigenvalue weighted by Crippen LogP contribution is -2.36. The second kappa shape index (κ2) is 9.29. The van der Waals surface area contributed by atoms with Crippen LogP contribution in [0.1, 0.15) is 16.7 Å². The zero-order chi connectivity index (χ0) is 23.5. The van der Waals surface area contributed by atoms with Crippen LogP contribution in [0.2, 0.25) is 0 Å². The highest BCUT2D eigenvalue weighted by atomic mass is 32.2. The van der Waals surface area contributed by atoms with Crippen LogP contribution in [0.4, 0.5) is 10.5 Å². The van der Waals surface area contributed by atoms with E-state index in [-0.39, 0.29) is 12.6 Å². The molecule has 4 aromatic carbocycles. The average Bonchev–Trinajstić information content (AvgIpc) is 2.87. The van der Waals surface area contributed by atoms with Crippen LogP contribution < -0.4 is 10.6 Å². The average molecular weight is 472 g/mol. The highest BCUT2D eigenvalue weighted by Gasteiger charge is 2.28. The molecule has 0 aliphatic carbocycles. The number of nitrogens with one attached hydrogen (secondary N) is 2. The van der Waals surface area contributed by atoms with Crippen LogP contribution in [0.25, 0.3) is 10.8 Å². The van der Waals surface area contributed by atoms with Gasteiger partial charge in [-0.1, -0.05) is 66.7 Å². The molecular formula is C27H25N3O3S. The summed E-state index contributed by atoms with van der Waals surface area (Å²) in [6.07, 6.45) is 0.634. The summed E-state index contributed by atoms with van der Waals surface area (Å²) in [6.45, 7) is 1.11. The highest BCUT2D eigenvalue weighted by molar-refractivity contribution is 7.89. The standard InChI is InChI=1S/C27H25N3O3S/c31-27(28-18-22-9-6-8-21-7-4-5-12-26(21)22)29-24-14-13-20-15-16-30(19-23(20)17-24)34(32,33)25-10-2-1-3-11-25/h1-14,17H,15-16,18-19H2,(H2,28,29,31). The first kappa shape index (κ1) is 22.1. The van der Waals surface area contributed by atoms with Gasteiger partial charge in [-0.2, -0.15) is 4.31 Å². The Hall–Kier alpha value is -3.68. The lowest BCUT2D eigenvalue weighted by molar-refractivity contribution is 0.252. The second-order valence-electron chi connectivity index (χ2n) is 8.33. The molecule has 0 fully saturated rings. The maximum atomic E-state index is 13.0. The number of amides is 2. The van der Waals surface area contributed by atoms with Gasteiger partial charge >= 0.3 is 6.03 Å². The molecule has 2 amide bonds. The van der Waals surface area contributed by atoms with Crippen molar-refractivity contribution in [3.05, 3.63) is 108 Å². The molecule has 0 unspecified atom stereocenters. The Labute approximate surface area is 199 Å². The summed E-state index contributed by atoms with van der Waals surface area (Å²) in [6, 6.07) is 28.0. The molecule has 0 bridgehead atoms. The molecule has 1 heterocycles. The summed E-state index contributed by atoms with van der Waals surface area (Å²) in [5.41, 5.74) is 3.67. The summed E-state index contributed by atoms with van der Waals surface area (Å²) >= 11 is 0. The van der Waals surface area contributed by atoms with E-state index in [2.05, 4.69) is 10.6 Å². The number of hydrogen-bond acceptors (Lipinski definition) is 3. The van der Waals surface area contributed by atoms with Gasteiger partial charge in [0.15, 0.2) is 0 Å². The smallest absolute Gasteiger partial charge is 0.319 e. The predicted molar refractivity (Wildman–Crippen MR) is 134 cm³/mol. The van der Waals surface area contributed by atoms with Crippen molar-refractivity contribution in [2.75, 3.05) is 11.9 Å². The lowest BCUT2D eigenvalue weighted by atomic mass is 10.0. The zero-order valence-corrected chi connectivity index (χ0v) is 19.4. The van der Waals surface area contributed by atoms with E-state index in [4.69, 9.17) is 0 Å². The fourth-order valence-electron chi connectivity index (χ4n) is 4.35. The van der Waals surface area contributed by atoms with Gasteiger partial charge in [0.2, 0.25) is 10.0 Å². The second-order valence-corrected chi connectivity index (χ2v) is 10.3. The molecule has 0 saturated heterocycles. The molecule has 5 rings (SSSR count). The number of hydrogen-bond donors (Lipinski definition) is 2. The Kier molecular flexibility index (Phi) is 6.04. The third-order valence-corrected chi connectivity index (χ3v) is 8.00. The van der Waals surface area contributed by atoms with Crippen molar-refractivity contribution in [3.63, 3.8) is 0 Å². The van der Waals surface area contributed by atoms with E-state index in [1.807, 2.05) is 60.7 Å². The van der Waals surface area contributed by atoms with Gasteiger partial charge < -0.3 is 10.6 Å². The van der Waals surface area contributed by atoms with E-state index in [0.29, 0.717) is 30.1 Å². The van der Waals surface area contributed by atoms with Crippen molar-refractivity contribution in [1.82, 2.24) is 9.62 Å². The van der Waals surface area contributed by atoms with Crippen molar-refractivity contribution in [1.29, 1.82) is 0 Å². The van der Waals surface area contributed by atoms with Gasteiger partial charge in [0.05, 0.1) is 4.90 Å². The zero-order valence-electron chi connectivity index (χ0n) is 18.6. The Bertz CT molecular complexity index is 1450. The van der Waals surface area contributed by atoms with Crippen LogP contribution >= 0.6 is 0 Å². The Morgan fingerprint density at radius 2 is 1.62 bits per heavy atom. The molecule has 172 valence electrons. The molecule has 0 saturated carbocycles. The molecule has 34 heavy (non-hydrogen) atoms. The minimum Gasteiger partial charge on any atom is -0.334 e. The van der Waals surface area contributed by atoms with Gasteiger partial charge in [-0.25, -0.2) is 13.2 Å². The number of fused-ring (bicyclic) bond motifs is 2. The van der Waals surface area contributed by atoms with Gasteiger partial charge in [-0.05, 0) is 58.1 Å². The van der Waals surface area contributed by atoms with Crippen molar-refractivity contribution in [2.45, 2.75) is 24.4 Å². The first-order valence-corrected chi connectivity index (χ1v) is 12.6. The third-order valence-electron chi connectivity index (χ3n) is 6.14. The molecule has 0 aromatic heterocycles. The van der Waals surface area contributed by atoms with Crippen LogP contribution in [0, 0.1) is 0 Å². The lowest BCUT2D eigenvalue weighted by Gasteiger charge is -2.28. The Balaban J connectivity index is 1.26. The fraction of sp³-hybridized carbons (Fsp3) is 0.148. The maximum Gasteiger partial charge on any atom is 0.319 e. The van der Waals surface area contributed by atoms with Crippen LogP contribution in [-0.2, 0) is 29.5 Å². The van der Waals surface area contributed by atoms with Crippen molar-refractivity contribution in [3.8, 4) is 0 Å². The van der Waals surface area contributed by atoms with Gasteiger partial charge in [0, 0.05) is 25.3 Å². The maximum absolute atomic E-state index is 13.0. The number of sulfonamides is 1. The molecule has 7 heteroatoms. The topological polar surface area (TPSA) is 78.5 Å². The quantitative estimate of drug-likeness (QED) is 0.434. The minimum atomic E-state index is -3.56. The third kappa shape index (κ3) is 4.53. The summed E-state index contributed by atoms with van der Waals surface area (Å²) < 4.78 is 27.5. The molecule has 0 spiro atoms. The van der Waals surface area contributed by atoms with Gasteiger partial charge in [0.1, 0.15) is 0 Å². The van der Waals surface area contributed by atoms with Crippen LogP contribution in [-0.4, -0.2) is 25.3 Å². The van der Waals surface area contributed by atoms with Crippen LogP contribution in [0.5, 0.6) is 0 Å². The molecule has 2 N–H and O–H groups in total. The van der Waals surface area contributed by atoms with E-state index in [9.17, 15) is 13.2 Å². The van der Waals surface area contributed by atoms with E-state index in [0.717, 1.165) is 27.5 Å². The molecule has 6 nitrogen and oxygen atoms in total. The summed E-state index contributed by atoms with van der Waals surface area (Å²) in [7, 11) is -3.56. The van der Waals surface area contributed by atoms with Crippen LogP contribution in [0.3, 0.4) is 0 Å². The van der Waals surface area contributed by atoms with E-state index in [1.54, 1.807) is 30.3 Å². The molecule has 0 radical (unpaired) electrons. The Morgan fingerprint density at radius 3 is 2.47 bits per heavy atom. The molecule has 1 aliphatic rings. The van der Waals surface area contributed by atoms with Gasteiger partial charge in [-0.15, -0.1) is 0 Å². The van der Waals surface area contributed by atoms with Crippen molar-refractivity contribution in [2.24, 2.45) is 0 Å². The van der Waals surface area contributed by atoms with Crippen molar-refractivity contribution < 1.29 is 13.2 Å². The normalized spacial score (nSPS) is 13.9. The molecular weight excluding hydrogens is 446 g/mol. The number of benzene rings is 4. The molecule has 4 aromatic rings. The SMILES string of the molecule is O=C(NCc1cccc2ccccc12)Nc1ccc2c(c1)CN(S(=O)(=O)c1ccccc1)CC2. The number of nitrogens with zero attached hydrogens (tertiary/aromatic N) is 1.